The molecule has 1 aliphatic carbocycles. The molecule has 0 saturated carbocycles. The predicted molar refractivity (Wildman–Crippen MR) is 107 cm³/mol. The van der Waals surface area contributed by atoms with Crippen molar-refractivity contribution in [3.05, 3.63) is 64.7 Å². The first-order valence-electron chi connectivity index (χ1n) is 9.95. The van der Waals surface area contributed by atoms with Gasteiger partial charge in [0.2, 0.25) is 5.91 Å². The fourth-order valence-corrected chi connectivity index (χ4v) is 4.10. The second-order valence-electron chi connectivity index (χ2n) is 7.63. The minimum Gasteiger partial charge on any atom is -0.346 e. The van der Waals surface area contributed by atoms with Crippen LogP contribution >= 0.6 is 0 Å². The number of carbonyl (C=O) groups is 2. The number of hydrogen-bond donors (Lipinski definition) is 1. The van der Waals surface area contributed by atoms with Gasteiger partial charge in [0.05, 0.1) is 6.04 Å². The molecule has 1 heterocycles. The second-order valence-corrected chi connectivity index (χ2v) is 7.63. The van der Waals surface area contributed by atoms with Crippen molar-refractivity contribution in [3.63, 3.8) is 0 Å². The van der Waals surface area contributed by atoms with Gasteiger partial charge >= 0.3 is 0 Å². The van der Waals surface area contributed by atoms with Crippen molar-refractivity contribution in [3.8, 4) is 0 Å². The van der Waals surface area contributed by atoms with Crippen LogP contribution in [0.15, 0.2) is 42.5 Å². The average molecular weight is 362 g/mol. The predicted octanol–water partition coefficient (Wildman–Crippen LogP) is 4.18. The Kier molecular flexibility index (Phi) is 4.97. The molecule has 1 atom stereocenters. The molecule has 2 amide bonds. The van der Waals surface area contributed by atoms with Crippen molar-refractivity contribution in [2.45, 2.75) is 51.5 Å². The van der Waals surface area contributed by atoms with E-state index in [1.165, 1.54) is 30.4 Å². The number of hydrogen-bond acceptors (Lipinski definition) is 2. The number of nitrogens with zero attached hydrogens (tertiary/aromatic N) is 1. The van der Waals surface area contributed by atoms with Gasteiger partial charge in [-0.1, -0.05) is 18.2 Å². The Balaban J connectivity index is 1.43. The third-order valence-corrected chi connectivity index (χ3v) is 5.73. The largest absolute Gasteiger partial charge is 0.346 e. The van der Waals surface area contributed by atoms with Crippen molar-refractivity contribution < 1.29 is 9.59 Å². The highest BCUT2D eigenvalue weighted by Crippen LogP contribution is 2.25. The van der Waals surface area contributed by atoms with Crippen LogP contribution in [-0.2, 0) is 17.6 Å². The molecule has 4 heteroatoms. The number of anilines is 1. The summed E-state index contributed by atoms with van der Waals surface area (Å²) >= 11 is 0. The summed E-state index contributed by atoms with van der Waals surface area (Å²) in [6.07, 6.45) is 6.35. The zero-order chi connectivity index (χ0) is 18.8. The minimum absolute atomic E-state index is 0.0374. The minimum atomic E-state index is -0.0838. The summed E-state index contributed by atoms with van der Waals surface area (Å²) in [5, 5.41) is 3.10. The number of amides is 2. The van der Waals surface area contributed by atoms with Crippen LogP contribution in [0.2, 0.25) is 0 Å². The summed E-state index contributed by atoms with van der Waals surface area (Å²) < 4.78 is 0. The summed E-state index contributed by atoms with van der Waals surface area (Å²) in [5.41, 5.74) is 5.53. The number of nitrogens with one attached hydrogen (secondary N) is 1. The SMILES string of the molecule is C[C@H](NC(=O)c1ccc(N2CCCC2=O)cc1)c1ccc2c(c1)CCCC2. The van der Waals surface area contributed by atoms with Crippen LogP contribution in [0.3, 0.4) is 0 Å². The number of benzene rings is 2. The Morgan fingerprint density at radius 1 is 0.963 bits per heavy atom. The molecule has 4 rings (SSSR count). The standard InChI is InChI=1S/C23H26N2O2/c1-16(19-9-8-17-5-2-3-6-20(17)15-19)24-23(27)18-10-12-21(13-11-18)25-14-4-7-22(25)26/h8-13,15-16H,2-7,14H2,1H3,(H,24,27)/t16-/m0/s1. The molecular formula is C23H26N2O2. The maximum absolute atomic E-state index is 12.6. The Morgan fingerprint density at radius 2 is 1.70 bits per heavy atom. The molecule has 0 radical (unpaired) electrons. The van der Waals surface area contributed by atoms with Crippen molar-refractivity contribution >= 4 is 17.5 Å². The zero-order valence-electron chi connectivity index (χ0n) is 15.8. The summed E-state index contributed by atoms with van der Waals surface area (Å²) in [5.74, 6) is 0.0766. The zero-order valence-corrected chi connectivity index (χ0v) is 15.8. The molecule has 0 spiro atoms. The van der Waals surface area contributed by atoms with Crippen LogP contribution in [-0.4, -0.2) is 18.4 Å². The molecule has 1 fully saturated rings. The van der Waals surface area contributed by atoms with Crippen LogP contribution in [0.25, 0.3) is 0 Å². The maximum Gasteiger partial charge on any atom is 0.251 e. The van der Waals surface area contributed by atoms with Crippen LogP contribution in [0.5, 0.6) is 0 Å². The third-order valence-electron chi connectivity index (χ3n) is 5.73. The lowest BCUT2D eigenvalue weighted by atomic mass is 9.89. The van der Waals surface area contributed by atoms with Crippen LogP contribution in [0.1, 0.15) is 65.7 Å². The summed E-state index contributed by atoms with van der Waals surface area (Å²) in [6.45, 7) is 2.79. The highest BCUT2D eigenvalue weighted by Gasteiger charge is 2.22. The highest BCUT2D eigenvalue weighted by atomic mass is 16.2. The molecule has 0 bridgehead atoms. The van der Waals surface area contributed by atoms with Gasteiger partial charge in [0.1, 0.15) is 0 Å². The molecule has 2 aromatic carbocycles. The first-order valence-corrected chi connectivity index (χ1v) is 9.95. The molecule has 0 unspecified atom stereocenters. The first kappa shape index (κ1) is 17.8. The van der Waals surface area contributed by atoms with Gasteiger partial charge in [0.15, 0.2) is 0 Å². The summed E-state index contributed by atoms with van der Waals surface area (Å²) in [6, 6.07) is 13.9. The number of aryl methyl sites for hydroxylation is 2. The summed E-state index contributed by atoms with van der Waals surface area (Å²) in [4.78, 5) is 26.3. The highest BCUT2D eigenvalue weighted by molar-refractivity contribution is 5.97. The van der Waals surface area contributed by atoms with Gasteiger partial charge in [-0.05, 0) is 80.0 Å². The number of carbonyl (C=O) groups excluding carboxylic acids is 2. The van der Waals surface area contributed by atoms with E-state index >= 15 is 0 Å². The van der Waals surface area contributed by atoms with E-state index in [4.69, 9.17) is 0 Å². The molecule has 140 valence electrons. The monoisotopic (exact) mass is 362 g/mol. The van der Waals surface area contributed by atoms with E-state index in [1.54, 1.807) is 17.0 Å². The molecule has 4 nitrogen and oxygen atoms in total. The average Bonchev–Trinajstić information content (AvgIpc) is 3.13. The van der Waals surface area contributed by atoms with E-state index in [1.807, 2.05) is 19.1 Å². The molecule has 0 aromatic heterocycles. The first-order chi connectivity index (χ1) is 13.1. The Hall–Kier alpha value is -2.62. The lowest BCUT2D eigenvalue weighted by Gasteiger charge is -2.20. The van der Waals surface area contributed by atoms with Crippen molar-refractivity contribution in [2.24, 2.45) is 0 Å². The van der Waals surface area contributed by atoms with Crippen LogP contribution in [0, 0.1) is 0 Å². The van der Waals surface area contributed by atoms with Gasteiger partial charge in [-0.15, -0.1) is 0 Å². The van der Waals surface area contributed by atoms with Gasteiger partial charge in [-0.25, -0.2) is 0 Å². The molecule has 1 saturated heterocycles. The van der Waals surface area contributed by atoms with Gasteiger partial charge in [0.25, 0.3) is 5.91 Å². The molecular weight excluding hydrogens is 336 g/mol. The van der Waals surface area contributed by atoms with E-state index in [-0.39, 0.29) is 17.9 Å². The van der Waals surface area contributed by atoms with Crippen molar-refractivity contribution in [2.75, 3.05) is 11.4 Å². The quantitative estimate of drug-likeness (QED) is 0.887. The molecule has 27 heavy (non-hydrogen) atoms. The molecule has 2 aliphatic rings. The Bertz CT molecular complexity index is 857. The normalized spacial score (nSPS) is 17.5. The Morgan fingerprint density at radius 3 is 2.41 bits per heavy atom. The molecule has 1 aliphatic heterocycles. The van der Waals surface area contributed by atoms with Crippen LogP contribution < -0.4 is 10.2 Å². The number of rotatable bonds is 4. The van der Waals surface area contributed by atoms with E-state index in [0.29, 0.717) is 12.0 Å². The van der Waals surface area contributed by atoms with E-state index in [0.717, 1.165) is 30.6 Å². The van der Waals surface area contributed by atoms with Crippen molar-refractivity contribution in [1.29, 1.82) is 0 Å². The fourth-order valence-electron chi connectivity index (χ4n) is 4.10. The fraction of sp³-hybridized carbons (Fsp3) is 0.391. The molecule has 2 aromatic rings. The van der Waals surface area contributed by atoms with Crippen LogP contribution in [0.4, 0.5) is 5.69 Å². The van der Waals surface area contributed by atoms with Gasteiger partial charge in [-0.3, -0.25) is 9.59 Å². The van der Waals surface area contributed by atoms with E-state index < -0.39 is 0 Å². The van der Waals surface area contributed by atoms with E-state index in [2.05, 4.69) is 23.5 Å². The third kappa shape index (κ3) is 3.75. The Labute approximate surface area is 160 Å². The second kappa shape index (κ2) is 7.55. The number of fused-ring (bicyclic) bond motifs is 1. The van der Waals surface area contributed by atoms with Crippen molar-refractivity contribution in [1.82, 2.24) is 5.32 Å². The lowest BCUT2D eigenvalue weighted by Crippen LogP contribution is -2.27. The lowest BCUT2D eigenvalue weighted by molar-refractivity contribution is -0.117. The topological polar surface area (TPSA) is 49.4 Å². The smallest absolute Gasteiger partial charge is 0.251 e. The molecule has 1 N–H and O–H groups in total. The van der Waals surface area contributed by atoms with E-state index in [9.17, 15) is 9.59 Å². The summed E-state index contributed by atoms with van der Waals surface area (Å²) in [7, 11) is 0. The maximum atomic E-state index is 12.6. The van der Waals surface area contributed by atoms with Gasteiger partial charge in [0, 0.05) is 24.2 Å². The van der Waals surface area contributed by atoms with Gasteiger partial charge in [-0.2, -0.15) is 0 Å². The van der Waals surface area contributed by atoms with Gasteiger partial charge < -0.3 is 10.2 Å².